The number of benzene rings is 2. The molecule has 10 heteroatoms. The van der Waals surface area contributed by atoms with Crippen LogP contribution < -0.4 is 26.0 Å². The van der Waals surface area contributed by atoms with Gasteiger partial charge in [-0.2, -0.15) is 4.98 Å². The van der Waals surface area contributed by atoms with Gasteiger partial charge in [-0.1, -0.05) is 30.3 Å². The number of carbonyl (C=O) groups excluding carboxylic acids is 1. The molecule has 1 heterocycles. The van der Waals surface area contributed by atoms with Gasteiger partial charge in [-0.3, -0.25) is 4.79 Å². The quantitative estimate of drug-likeness (QED) is 0.290. The maximum atomic E-state index is 12.7. The fourth-order valence-corrected chi connectivity index (χ4v) is 4.23. The van der Waals surface area contributed by atoms with E-state index in [1.165, 1.54) is 13.3 Å². The summed E-state index contributed by atoms with van der Waals surface area (Å²) in [4.78, 5) is 20.7. The van der Waals surface area contributed by atoms with E-state index in [9.17, 15) is 9.36 Å². The minimum atomic E-state index is -2.53. The van der Waals surface area contributed by atoms with Gasteiger partial charge in [0, 0.05) is 16.6 Å². The molecule has 0 fully saturated rings. The molecule has 0 atom stereocenters. The smallest absolute Gasteiger partial charge is 0.250 e. The van der Waals surface area contributed by atoms with Crippen molar-refractivity contribution in [2.75, 3.05) is 36.4 Å². The number of carbonyl (C=O) groups is 1. The molecular formula is C23H25ClN5O3P. The van der Waals surface area contributed by atoms with Crippen LogP contribution in [0.4, 0.5) is 28.8 Å². The molecule has 0 saturated carbocycles. The molecule has 0 aliphatic rings. The van der Waals surface area contributed by atoms with Gasteiger partial charge >= 0.3 is 0 Å². The van der Waals surface area contributed by atoms with Crippen molar-refractivity contribution in [3.8, 4) is 5.75 Å². The van der Waals surface area contributed by atoms with Crippen molar-refractivity contribution in [1.82, 2.24) is 9.97 Å². The maximum absolute atomic E-state index is 12.7. The van der Waals surface area contributed by atoms with Crippen molar-refractivity contribution in [3.63, 3.8) is 0 Å². The Morgan fingerprint density at radius 2 is 1.85 bits per heavy atom. The number of nitrogens with zero attached hydrogens (tertiary/aromatic N) is 2. The highest BCUT2D eigenvalue weighted by Gasteiger charge is 2.17. The summed E-state index contributed by atoms with van der Waals surface area (Å²) in [7, 11) is -0.997. The number of para-hydroxylation sites is 1. The van der Waals surface area contributed by atoms with Crippen LogP contribution in [-0.2, 0) is 9.36 Å². The van der Waals surface area contributed by atoms with Crippen LogP contribution in [0.25, 0.3) is 0 Å². The molecule has 0 unspecified atom stereocenters. The maximum Gasteiger partial charge on any atom is 0.250 e. The lowest BCUT2D eigenvalue weighted by atomic mass is 10.2. The number of amides is 1. The lowest BCUT2D eigenvalue weighted by Gasteiger charge is -2.16. The van der Waals surface area contributed by atoms with Gasteiger partial charge in [0.05, 0.1) is 24.7 Å². The Morgan fingerprint density at radius 1 is 1.12 bits per heavy atom. The van der Waals surface area contributed by atoms with Gasteiger partial charge in [0.2, 0.25) is 5.95 Å². The molecule has 1 amide bonds. The second-order valence-electron chi connectivity index (χ2n) is 7.66. The Bertz CT molecular complexity index is 1260. The topological polar surface area (TPSA) is 105 Å². The average molecular weight is 486 g/mol. The third kappa shape index (κ3) is 6.12. The minimum absolute atomic E-state index is 0.247. The van der Waals surface area contributed by atoms with E-state index in [0.29, 0.717) is 44.5 Å². The van der Waals surface area contributed by atoms with Gasteiger partial charge in [-0.25, -0.2) is 4.98 Å². The second-order valence-corrected chi connectivity index (χ2v) is 11.2. The molecule has 1 aromatic heterocycles. The first-order valence-corrected chi connectivity index (χ1v) is 12.9. The molecular weight excluding hydrogens is 461 g/mol. The molecule has 0 spiro atoms. The van der Waals surface area contributed by atoms with E-state index in [-0.39, 0.29) is 11.9 Å². The zero-order chi connectivity index (χ0) is 24.2. The molecule has 3 aromatic rings. The van der Waals surface area contributed by atoms with E-state index in [4.69, 9.17) is 16.3 Å². The number of halogens is 1. The van der Waals surface area contributed by atoms with Gasteiger partial charge < -0.3 is 25.3 Å². The van der Waals surface area contributed by atoms with Gasteiger partial charge in [-0.15, -0.1) is 0 Å². The predicted octanol–water partition coefficient (Wildman–Crippen LogP) is 5.39. The van der Waals surface area contributed by atoms with Crippen LogP contribution in [0.1, 0.15) is 6.92 Å². The number of hydrogen-bond acceptors (Lipinski definition) is 7. The summed E-state index contributed by atoms with van der Waals surface area (Å²) in [6.07, 6.45) is 1.46. The Balaban J connectivity index is 1.91. The van der Waals surface area contributed by atoms with Crippen molar-refractivity contribution in [2.24, 2.45) is 0 Å². The zero-order valence-corrected chi connectivity index (χ0v) is 20.4. The predicted molar refractivity (Wildman–Crippen MR) is 136 cm³/mol. The highest BCUT2D eigenvalue weighted by molar-refractivity contribution is 7.70. The van der Waals surface area contributed by atoms with Crippen molar-refractivity contribution in [2.45, 2.75) is 6.92 Å². The minimum Gasteiger partial charge on any atom is -0.495 e. The van der Waals surface area contributed by atoms with E-state index in [0.717, 1.165) is 0 Å². The molecule has 3 N–H and O–H groups in total. The Kier molecular flexibility index (Phi) is 7.41. The number of anilines is 5. The molecule has 33 heavy (non-hydrogen) atoms. The highest BCUT2D eigenvalue weighted by atomic mass is 35.5. The molecule has 3 rings (SSSR count). The lowest BCUT2D eigenvalue weighted by molar-refractivity contribution is -0.112. The van der Waals surface area contributed by atoms with Crippen LogP contribution >= 0.6 is 18.7 Å². The Hall–Kier alpha value is -3.35. The SMILES string of the molecule is C=C(C)C(=O)Nc1ccc(OC)c(Nc2ncc(Cl)c(Nc3ccccc3P(C)(C)=O)n2)c1. The van der Waals surface area contributed by atoms with Gasteiger partial charge in [0.1, 0.15) is 17.9 Å². The summed E-state index contributed by atoms with van der Waals surface area (Å²) >= 11 is 6.32. The normalized spacial score (nSPS) is 10.9. The summed E-state index contributed by atoms with van der Waals surface area (Å²) < 4.78 is 18.1. The van der Waals surface area contributed by atoms with E-state index in [2.05, 4.69) is 32.5 Å². The number of rotatable bonds is 8. The molecule has 2 aromatic carbocycles. The number of methoxy groups -OCH3 is 1. The van der Waals surface area contributed by atoms with E-state index in [1.807, 2.05) is 24.3 Å². The summed E-state index contributed by atoms with van der Waals surface area (Å²) in [5.41, 5.74) is 2.13. The van der Waals surface area contributed by atoms with Crippen LogP contribution in [0.15, 0.2) is 60.8 Å². The van der Waals surface area contributed by atoms with Crippen LogP contribution in [0.2, 0.25) is 5.02 Å². The Labute approximate surface area is 197 Å². The molecule has 0 aliphatic carbocycles. The molecule has 0 bridgehead atoms. The fraction of sp³-hybridized carbons (Fsp3) is 0.174. The third-order valence-corrected chi connectivity index (χ3v) is 6.40. The van der Waals surface area contributed by atoms with E-state index in [1.54, 1.807) is 38.5 Å². The largest absolute Gasteiger partial charge is 0.495 e. The molecule has 172 valence electrons. The van der Waals surface area contributed by atoms with Crippen LogP contribution in [0, 0.1) is 0 Å². The number of aromatic nitrogens is 2. The van der Waals surface area contributed by atoms with Gasteiger partial charge in [0.15, 0.2) is 5.82 Å². The zero-order valence-electron chi connectivity index (χ0n) is 18.8. The summed E-state index contributed by atoms with van der Waals surface area (Å²) in [5, 5.41) is 10.00. The summed E-state index contributed by atoms with van der Waals surface area (Å²) in [6, 6.07) is 12.4. The van der Waals surface area contributed by atoms with E-state index >= 15 is 0 Å². The highest BCUT2D eigenvalue weighted by Crippen LogP contribution is 2.39. The first-order chi connectivity index (χ1) is 15.6. The standard InChI is InChI=1S/C23H25ClN5O3P/c1-14(2)22(30)26-15-10-11-19(32-3)18(12-15)28-23-25-13-16(24)21(29-23)27-17-8-6-7-9-20(17)33(4,5)31/h6-13H,1H2,2-5H3,(H,26,30)(H2,25,27,28,29). The lowest BCUT2D eigenvalue weighted by Crippen LogP contribution is -2.12. The average Bonchev–Trinajstić information content (AvgIpc) is 2.76. The number of hydrogen-bond donors (Lipinski definition) is 3. The van der Waals surface area contributed by atoms with Gasteiger partial charge in [0.25, 0.3) is 5.91 Å². The second kappa shape index (κ2) is 10.1. The van der Waals surface area contributed by atoms with Crippen molar-refractivity contribution >= 4 is 58.8 Å². The number of ether oxygens (including phenoxy) is 1. The first-order valence-electron chi connectivity index (χ1n) is 9.94. The van der Waals surface area contributed by atoms with Crippen molar-refractivity contribution < 1.29 is 14.1 Å². The monoisotopic (exact) mass is 485 g/mol. The van der Waals surface area contributed by atoms with Crippen LogP contribution in [0.3, 0.4) is 0 Å². The van der Waals surface area contributed by atoms with E-state index < -0.39 is 7.14 Å². The molecule has 0 saturated heterocycles. The van der Waals surface area contributed by atoms with Gasteiger partial charge in [-0.05, 0) is 50.6 Å². The molecule has 0 aliphatic heterocycles. The Morgan fingerprint density at radius 3 is 2.52 bits per heavy atom. The number of nitrogens with one attached hydrogen (secondary N) is 3. The first kappa shape index (κ1) is 24.3. The molecule has 8 nitrogen and oxygen atoms in total. The summed E-state index contributed by atoms with van der Waals surface area (Å²) in [5.74, 6) is 0.834. The van der Waals surface area contributed by atoms with Crippen molar-refractivity contribution in [3.05, 3.63) is 65.8 Å². The van der Waals surface area contributed by atoms with Crippen molar-refractivity contribution in [1.29, 1.82) is 0 Å². The van der Waals surface area contributed by atoms with Crippen LogP contribution in [-0.4, -0.2) is 36.3 Å². The summed E-state index contributed by atoms with van der Waals surface area (Å²) in [6.45, 7) is 8.67. The third-order valence-electron chi connectivity index (χ3n) is 4.57. The molecule has 0 radical (unpaired) electrons. The van der Waals surface area contributed by atoms with Crippen LogP contribution in [0.5, 0.6) is 5.75 Å². The fourth-order valence-electron chi connectivity index (χ4n) is 2.93.